The first-order valence-corrected chi connectivity index (χ1v) is 6.32. The molecule has 5 heteroatoms. The van der Waals surface area contributed by atoms with Gasteiger partial charge in [0, 0.05) is 12.1 Å². The van der Waals surface area contributed by atoms with E-state index in [2.05, 4.69) is 22.4 Å². The van der Waals surface area contributed by atoms with E-state index in [4.69, 9.17) is 4.74 Å². The van der Waals surface area contributed by atoms with Crippen molar-refractivity contribution in [3.05, 3.63) is 29.3 Å². The summed E-state index contributed by atoms with van der Waals surface area (Å²) < 4.78 is 5.12. The Morgan fingerprint density at radius 2 is 2.00 bits per heavy atom. The van der Waals surface area contributed by atoms with Gasteiger partial charge in [0.1, 0.15) is 15.8 Å². The minimum absolute atomic E-state index is 0.782. The predicted molar refractivity (Wildman–Crippen MR) is 69.3 cm³/mol. The summed E-state index contributed by atoms with van der Waals surface area (Å²) >= 11 is 1.61. The highest BCUT2D eigenvalue weighted by molar-refractivity contribution is 7.14. The van der Waals surface area contributed by atoms with Crippen molar-refractivity contribution < 1.29 is 4.74 Å². The van der Waals surface area contributed by atoms with E-state index in [0.29, 0.717) is 0 Å². The molecule has 2 rings (SSSR count). The van der Waals surface area contributed by atoms with Gasteiger partial charge in [0.25, 0.3) is 0 Å². The maximum Gasteiger partial charge on any atom is 0.147 e. The molecule has 90 valence electrons. The molecule has 2 aromatic rings. The number of ether oxygens (including phenoxy) is 1. The van der Waals surface area contributed by atoms with Gasteiger partial charge < -0.3 is 10.1 Å². The van der Waals surface area contributed by atoms with Crippen LogP contribution in [0.2, 0.25) is 0 Å². The predicted octanol–water partition coefficient (Wildman–Crippen LogP) is 2.32. The van der Waals surface area contributed by atoms with Crippen LogP contribution in [-0.4, -0.2) is 23.9 Å². The van der Waals surface area contributed by atoms with Crippen LogP contribution in [0.1, 0.15) is 11.9 Å². The fraction of sp³-hybridized carbons (Fsp3) is 0.333. The third-order valence-electron chi connectivity index (χ3n) is 2.33. The molecule has 0 saturated carbocycles. The van der Waals surface area contributed by atoms with Gasteiger partial charge in [0.2, 0.25) is 0 Å². The zero-order valence-electron chi connectivity index (χ0n) is 9.93. The van der Waals surface area contributed by atoms with E-state index >= 15 is 0 Å². The fourth-order valence-corrected chi connectivity index (χ4v) is 2.22. The smallest absolute Gasteiger partial charge is 0.147 e. The SMILES string of the molecule is CCNCc1nnc(-c2ccc(OC)cc2)s1. The minimum Gasteiger partial charge on any atom is -0.497 e. The van der Waals surface area contributed by atoms with Crippen molar-refractivity contribution in [1.82, 2.24) is 15.5 Å². The van der Waals surface area contributed by atoms with Crippen molar-refractivity contribution in [3.63, 3.8) is 0 Å². The zero-order valence-corrected chi connectivity index (χ0v) is 10.8. The Kier molecular flexibility index (Phi) is 4.06. The lowest BCUT2D eigenvalue weighted by Crippen LogP contribution is -2.11. The van der Waals surface area contributed by atoms with Gasteiger partial charge in [0.15, 0.2) is 0 Å². The number of aromatic nitrogens is 2. The van der Waals surface area contributed by atoms with Gasteiger partial charge in [-0.1, -0.05) is 18.3 Å². The van der Waals surface area contributed by atoms with Gasteiger partial charge in [-0.3, -0.25) is 0 Å². The van der Waals surface area contributed by atoms with Gasteiger partial charge in [0.05, 0.1) is 7.11 Å². The lowest BCUT2D eigenvalue weighted by molar-refractivity contribution is 0.415. The average Bonchev–Trinajstić information content (AvgIpc) is 2.85. The zero-order chi connectivity index (χ0) is 12.1. The van der Waals surface area contributed by atoms with E-state index in [0.717, 1.165) is 34.4 Å². The molecule has 0 spiro atoms. The second kappa shape index (κ2) is 5.75. The third-order valence-corrected chi connectivity index (χ3v) is 3.30. The van der Waals surface area contributed by atoms with Crippen LogP contribution in [0.3, 0.4) is 0 Å². The summed E-state index contributed by atoms with van der Waals surface area (Å²) in [5.41, 5.74) is 1.08. The second-order valence-corrected chi connectivity index (χ2v) is 4.57. The lowest BCUT2D eigenvalue weighted by Gasteiger charge is -1.99. The molecule has 0 saturated heterocycles. The molecule has 0 aliphatic heterocycles. The topological polar surface area (TPSA) is 47.0 Å². The van der Waals surface area contributed by atoms with Crippen molar-refractivity contribution in [2.75, 3.05) is 13.7 Å². The van der Waals surface area contributed by atoms with E-state index in [-0.39, 0.29) is 0 Å². The molecule has 0 unspecified atom stereocenters. The highest BCUT2D eigenvalue weighted by Crippen LogP contribution is 2.25. The Balaban J connectivity index is 2.12. The van der Waals surface area contributed by atoms with Crippen LogP contribution in [0, 0.1) is 0 Å². The largest absolute Gasteiger partial charge is 0.497 e. The molecule has 0 aliphatic rings. The first-order valence-electron chi connectivity index (χ1n) is 5.51. The monoisotopic (exact) mass is 249 g/mol. The van der Waals surface area contributed by atoms with Crippen molar-refractivity contribution >= 4 is 11.3 Å². The normalized spacial score (nSPS) is 10.5. The molecule has 0 radical (unpaired) electrons. The van der Waals surface area contributed by atoms with Crippen molar-refractivity contribution in [2.24, 2.45) is 0 Å². The van der Waals surface area contributed by atoms with Crippen molar-refractivity contribution in [1.29, 1.82) is 0 Å². The number of methoxy groups -OCH3 is 1. The van der Waals surface area contributed by atoms with E-state index in [1.807, 2.05) is 24.3 Å². The number of hydrogen-bond acceptors (Lipinski definition) is 5. The van der Waals surface area contributed by atoms with Crippen LogP contribution >= 0.6 is 11.3 Å². The summed E-state index contributed by atoms with van der Waals surface area (Å²) in [6.45, 7) is 3.80. The van der Waals surface area contributed by atoms with E-state index in [1.165, 1.54) is 0 Å². The highest BCUT2D eigenvalue weighted by atomic mass is 32.1. The summed E-state index contributed by atoms with van der Waals surface area (Å²) in [6.07, 6.45) is 0. The molecule has 0 fully saturated rings. The first kappa shape index (κ1) is 12.0. The number of rotatable bonds is 5. The highest BCUT2D eigenvalue weighted by Gasteiger charge is 2.06. The van der Waals surface area contributed by atoms with Gasteiger partial charge >= 0.3 is 0 Å². The third kappa shape index (κ3) is 3.01. The summed E-state index contributed by atoms with van der Waals surface area (Å²) in [5.74, 6) is 0.853. The first-order chi connectivity index (χ1) is 8.33. The molecule has 0 aliphatic carbocycles. The quantitative estimate of drug-likeness (QED) is 0.883. The Morgan fingerprint density at radius 1 is 1.24 bits per heavy atom. The minimum atomic E-state index is 0.782. The number of hydrogen-bond donors (Lipinski definition) is 1. The Bertz CT molecular complexity index is 467. The standard InChI is InChI=1S/C12H15N3OS/c1-3-13-8-11-14-15-12(17-11)9-4-6-10(16-2)7-5-9/h4-7,13H,3,8H2,1-2H3. The molecular weight excluding hydrogens is 234 g/mol. The second-order valence-electron chi connectivity index (χ2n) is 3.51. The maximum atomic E-state index is 5.12. The average molecular weight is 249 g/mol. The van der Waals surface area contributed by atoms with Gasteiger partial charge in [-0.05, 0) is 30.8 Å². The number of nitrogens with one attached hydrogen (secondary N) is 1. The van der Waals surface area contributed by atoms with Crippen LogP contribution in [0.25, 0.3) is 10.6 Å². The van der Waals surface area contributed by atoms with Crippen LogP contribution in [0.4, 0.5) is 0 Å². The van der Waals surface area contributed by atoms with Crippen molar-refractivity contribution in [2.45, 2.75) is 13.5 Å². The number of nitrogens with zero attached hydrogens (tertiary/aromatic N) is 2. The van der Waals surface area contributed by atoms with Crippen LogP contribution < -0.4 is 10.1 Å². The summed E-state index contributed by atoms with van der Waals surface area (Å²) in [5, 5.41) is 13.5. The molecule has 1 heterocycles. The molecule has 4 nitrogen and oxygen atoms in total. The molecule has 0 atom stereocenters. The van der Waals surface area contributed by atoms with Gasteiger partial charge in [-0.15, -0.1) is 10.2 Å². The molecule has 17 heavy (non-hydrogen) atoms. The maximum absolute atomic E-state index is 5.12. The van der Waals surface area contributed by atoms with Gasteiger partial charge in [-0.2, -0.15) is 0 Å². The van der Waals surface area contributed by atoms with E-state index in [9.17, 15) is 0 Å². The van der Waals surface area contributed by atoms with Crippen LogP contribution in [-0.2, 0) is 6.54 Å². The molecule has 1 aromatic carbocycles. The summed E-state index contributed by atoms with van der Waals surface area (Å²) in [7, 11) is 1.66. The molecule has 0 bridgehead atoms. The van der Waals surface area contributed by atoms with Crippen LogP contribution in [0.15, 0.2) is 24.3 Å². The molecule has 1 N–H and O–H groups in total. The number of benzene rings is 1. The summed E-state index contributed by atoms with van der Waals surface area (Å²) in [6, 6.07) is 7.86. The Hall–Kier alpha value is -1.46. The van der Waals surface area contributed by atoms with Crippen molar-refractivity contribution in [3.8, 4) is 16.3 Å². The Labute approximate surface area is 105 Å². The Morgan fingerprint density at radius 3 is 2.65 bits per heavy atom. The lowest BCUT2D eigenvalue weighted by atomic mass is 10.2. The van der Waals surface area contributed by atoms with Crippen LogP contribution in [0.5, 0.6) is 5.75 Å². The fourth-order valence-electron chi connectivity index (χ4n) is 1.41. The van der Waals surface area contributed by atoms with E-state index in [1.54, 1.807) is 18.4 Å². The summed E-state index contributed by atoms with van der Waals surface area (Å²) in [4.78, 5) is 0. The van der Waals surface area contributed by atoms with E-state index < -0.39 is 0 Å². The van der Waals surface area contributed by atoms with Gasteiger partial charge in [-0.25, -0.2) is 0 Å². The molecule has 1 aromatic heterocycles. The molecule has 0 amide bonds. The molecular formula is C12H15N3OS.